The van der Waals surface area contributed by atoms with E-state index in [0.29, 0.717) is 23.6 Å². The van der Waals surface area contributed by atoms with E-state index in [-0.39, 0.29) is 18.1 Å². The van der Waals surface area contributed by atoms with Gasteiger partial charge >= 0.3 is 0 Å². The predicted molar refractivity (Wildman–Crippen MR) is 101 cm³/mol. The van der Waals surface area contributed by atoms with Crippen molar-refractivity contribution in [3.05, 3.63) is 96.1 Å². The number of hydrogen-bond acceptors (Lipinski definition) is 4. The van der Waals surface area contributed by atoms with Gasteiger partial charge in [0.1, 0.15) is 17.3 Å². The molecule has 0 atom stereocenters. The molecule has 0 unspecified atom stereocenters. The van der Waals surface area contributed by atoms with Crippen molar-refractivity contribution in [2.24, 2.45) is 0 Å². The number of H-pyrrole nitrogens is 1. The number of carbonyl (C=O) groups is 1. The number of amides is 1. The number of halogens is 1. The maximum Gasteiger partial charge on any atom is 0.272 e. The summed E-state index contributed by atoms with van der Waals surface area (Å²) in [4.78, 5) is 19.0. The highest BCUT2D eigenvalue weighted by Gasteiger charge is 2.21. The molecule has 1 amide bonds. The summed E-state index contributed by atoms with van der Waals surface area (Å²) in [6.07, 6.45) is 3.24. The van der Waals surface area contributed by atoms with Gasteiger partial charge in [0.25, 0.3) is 5.91 Å². The van der Waals surface area contributed by atoms with Gasteiger partial charge in [-0.05, 0) is 42.5 Å². The Morgan fingerprint density at radius 1 is 1.07 bits per heavy atom. The lowest BCUT2D eigenvalue weighted by atomic mass is 10.1. The van der Waals surface area contributed by atoms with Crippen molar-refractivity contribution in [1.29, 1.82) is 0 Å². The van der Waals surface area contributed by atoms with Crippen LogP contribution in [0.5, 0.6) is 0 Å². The van der Waals surface area contributed by atoms with E-state index >= 15 is 0 Å². The number of rotatable bonds is 6. The SMILES string of the molecule is O=C(c1cc(-c2ccccc2F)n[nH]1)N(Cc1ccccn1)Cc1ccco1. The molecule has 3 aromatic heterocycles. The number of pyridine rings is 1. The minimum Gasteiger partial charge on any atom is -0.467 e. The fraction of sp³-hybridized carbons (Fsp3) is 0.0952. The maximum absolute atomic E-state index is 14.0. The zero-order valence-electron chi connectivity index (χ0n) is 14.9. The molecule has 0 saturated carbocycles. The molecular formula is C21H17FN4O2. The van der Waals surface area contributed by atoms with E-state index in [1.54, 1.807) is 53.8 Å². The highest BCUT2D eigenvalue weighted by atomic mass is 19.1. The van der Waals surface area contributed by atoms with Crippen LogP contribution in [-0.2, 0) is 13.1 Å². The van der Waals surface area contributed by atoms with Crippen molar-refractivity contribution in [1.82, 2.24) is 20.1 Å². The zero-order chi connectivity index (χ0) is 19.3. The summed E-state index contributed by atoms with van der Waals surface area (Å²) in [7, 11) is 0. The van der Waals surface area contributed by atoms with Crippen molar-refractivity contribution < 1.29 is 13.6 Å². The second-order valence-corrected chi connectivity index (χ2v) is 6.21. The van der Waals surface area contributed by atoms with E-state index in [9.17, 15) is 9.18 Å². The van der Waals surface area contributed by atoms with Gasteiger partial charge in [-0.15, -0.1) is 0 Å². The molecule has 4 rings (SSSR count). The van der Waals surface area contributed by atoms with Gasteiger partial charge < -0.3 is 9.32 Å². The van der Waals surface area contributed by atoms with Crippen LogP contribution in [0.2, 0.25) is 0 Å². The van der Waals surface area contributed by atoms with Gasteiger partial charge in [-0.1, -0.05) is 18.2 Å². The third-order valence-corrected chi connectivity index (χ3v) is 4.25. The van der Waals surface area contributed by atoms with Gasteiger partial charge in [0.15, 0.2) is 0 Å². The minimum absolute atomic E-state index is 0.265. The van der Waals surface area contributed by atoms with Gasteiger partial charge in [0.05, 0.1) is 30.7 Å². The first-order valence-electron chi connectivity index (χ1n) is 8.72. The molecule has 0 aliphatic carbocycles. The number of aromatic amines is 1. The second-order valence-electron chi connectivity index (χ2n) is 6.21. The van der Waals surface area contributed by atoms with E-state index in [0.717, 1.165) is 5.69 Å². The molecule has 1 aromatic carbocycles. The molecule has 6 nitrogen and oxygen atoms in total. The number of carbonyl (C=O) groups excluding carboxylic acids is 1. The summed E-state index contributed by atoms with van der Waals surface area (Å²) in [5.74, 6) is -0.0239. The first-order chi connectivity index (χ1) is 13.7. The van der Waals surface area contributed by atoms with E-state index in [4.69, 9.17) is 4.42 Å². The van der Waals surface area contributed by atoms with Gasteiger partial charge in [-0.3, -0.25) is 14.9 Å². The van der Waals surface area contributed by atoms with Gasteiger partial charge in [0.2, 0.25) is 0 Å². The highest BCUT2D eigenvalue weighted by molar-refractivity contribution is 5.93. The third-order valence-electron chi connectivity index (χ3n) is 4.25. The van der Waals surface area contributed by atoms with Crippen LogP contribution in [0.15, 0.2) is 77.5 Å². The Hall–Kier alpha value is -3.74. The van der Waals surface area contributed by atoms with E-state index in [1.165, 1.54) is 6.07 Å². The van der Waals surface area contributed by atoms with Crippen molar-refractivity contribution >= 4 is 5.91 Å². The van der Waals surface area contributed by atoms with Crippen molar-refractivity contribution in [3.8, 4) is 11.3 Å². The Morgan fingerprint density at radius 2 is 1.93 bits per heavy atom. The monoisotopic (exact) mass is 376 g/mol. The molecule has 28 heavy (non-hydrogen) atoms. The van der Waals surface area contributed by atoms with Crippen LogP contribution in [0.25, 0.3) is 11.3 Å². The Kier molecular flexibility index (Phi) is 4.97. The summed E-state index contributed by atoms with van der Waals surface area (Å²) in [6.45, 7) is 0.574. The number of nitrogens with one attached hydrogen (secondary N) is 1. The van der Waals surface area contributed by atoms with Crippen LogP contribution in [0.4, 0.5) is 4.39 Å². The molecule has 0 aliphatic heterocycles. The molecule has 0 saturated heterocycles. The lowest BCUT2D eigenvalue weighted by molar-refractivity contribution is 0.0709. The standard InChI is InChI=1S/C21H17FN4O2/c22-18-9-2-1-8-17(18)19-12-20(25-24-19)21(27)26(14-16-7-5-11-28-16)13-15-6-3-4-10-23-15/h1-12H,13-14H2,(H,24,25). The number of benzene rings is 1. The molecule has 1 N–H and O–H groups in total. The van der Waals surface area contributed by atoms with Crippen molar-refractivity contribution in [3.63, 3.8) is 0 Å². The molecule has 0 fully saturated rings. The fourth-order valence-electron chi connectivity index (χ4n) is 2.89. The minimum atomic E-state index is -0.395. The maximum atomic E-state index is 14.0. The first kappa shape index (κ1) is 17.7. The fourth-order valence-corrected chi connectivity index (χ4v) is 2.89. The van der Waals surface area contributed by atoms with E-state index in [1.807, 2.05) is 18.2 Å². The molecule has 0 radical (unpaired) electrons. The molecule has 140 valence electrons. The largest absolute Gasteiger partial charge is 0.467 e. The average molecular weight is 376 g/mol. The van der Waals surface area contributed by atoms with Crippen LogP contribution >= 0.6 is 0 Å². The van der Waals surface area contributed by atoms with Gasteiger partial charge in [-0.25, -0.2) is 4.39 Å². The van der Waals surface area contributed by atoms with Gasteiger partial charge in [0, 0.05) is 11.8 Å². The van der Waals surface area contributed by atoms with Crippen LogP contribution in [0.3, 0.4) is 0 Å². The normalized spacial score (nSPS) is 10.8. The Labute approximate surface area is 160 Å². The molecular weight excluding hydrogens is 359 g/mol. The second kappa shape index (κ2) is 7.87. The number of nitrogens with zero attached hydrogens (tertiary/aromatic N) is 3. The first-order valence-corrected chi connectivity index (χ1v) is 8.72. The zero-order valence-corrected chi connectivity index (χ0v) is 14.9. The highest BCUT2D eigenvalue weighted by Crippen LogP contribution is 2.22. The quantitative estimate of drug-likeness (QED) is 0.551. The summed E-state index contributed by atoms with van der Waals surface area (Å²) in [5.41, 5.74) is 1.72. The van der Waals surface area contributed by atoms with Crippen LogP contribution in [0, 0.1) is 5.82 Å². The van der Waals surface area contributed by atoms with Crippen LogP contribution < -0.4 is 0 Å². The average Bonchev–Trinajstić information content (AvgIpc) is 3.40. The smallest absolute Gasteiger partial charge is 0.272 e. The summed E-state index contributed by atoms with van der Waals surface area (Å²) >= 11 is 0. The number of furan rings is 1. The van der Waals surface area contributed by atoms with Gasteiger partial charge in [-0.2, -0.15) is 5.10 Å². The lowest BCUT2D eigenvalue weighted by Crippen LogP contribution is -2.30. The number of hydrogen-bond donors (Lipinski definition) is 1. The van der Waals surface area contributed by atoms with Crippen LogP contribution in [-0.4, -0.2) is 26.0 Å². The molecule has 7 heteroatoms. The molecule has 3 heterocycles. The summed E-state index contributed by atoms with van der Waals surface area (Å²) in [6, 6.07) is 17.0. The Balaban J connectivity index is 1.61. The predicted octanol–water partition coefficient (Wildman–Crippen LogP) is 4.05. The third kappa shape index (κ3) is 3.83. The van der Waals surface area contributed by atoms with E-state index in [2.05, 4.69) is 15.2 Å². The Morgan fingerprint density at radius 3 is 2.68 bits per heavy atom. The molecule has 0 bridgehead atoms. The molecule has 4 aromatic rings. The van der Waals surface area contributed by atoms with E-state index < -0.39 is 5.82 Å². The molecule has 0 aliphatic rings. The number of aromatic nitrogens is 3. The Bertz CT molecular complexity index is 1060. The van der Waals surface area contributed by atoms with Crippen molar-refractivity contribution in [2.75, 3.05) is 0 Å². The summed E-state index contributed by atoms with van der Waals surface area (Å²) < 4.78 is 19.4. The van der Waals surface area contributed by atoms with Crippen LogP contribution in [0.1, 0.15) is 21.9 Å². The lowest BCUT2D eigenvalue weighted by Gasteiger charge is -2.20. The topological polar surface area (TPSA) is 75.0 Å². The summed E-state index contributed by atoms with van der Waals surface area (Å²) in [5, 5.41) is 6.82. The molecule has 0 spiro atoms. The van der Waals surface area contributed by atoms with Crippen molar-refractivity contribution in [2.45, 2.75) is 13.1 Å².